The predicted molar refractivity (Wildman–Crippen MR) is 35.1 cm³/mol. The summed E-state index contributed by atoms with van der Waals surface area (Å²) in [4.78, 5) is 3.46. The van der Waals surface area contributed by atoms with Gasteiger partial charge in [-0.3, -0.25) is 4.55 Å². The smallest absolute Gasteiger partial charge is 0.269 e. The van der Waals surface area contributed by atoms with E-state index in [0.29, 0.717) is 0 Å². The minimum absolute atomic E-state index is 0.0440. The van der Waals surface area contributed by atoms with Gasteiger partial charge in [-0.2, -0.15) is 12.8 Å². The van der Waals surface area contributed by atoms with Crippen molar-refractivity contribution in [2.75, 3.05) is 4.72 Å². The van der Waals surface area contributed by atoms with Gasteiger partial charge in [-0.15, -0.1) is 0 Å². The quantitative estimate of drug-likeness (QED) is 0.614. The number of nitrogens with zero attached hydrogens (tertiary/aromatic N) is 2. The van der Waals surface area contributed by atoms with Gasteiger partial charge in [-0.05, 0) is 0 Å². The molecule has 2 N–H and O–H groups in total. The highest BCUT2D eigenvalue weighted by molar-refractivity contribution is 7.87. The van der Waals surface area contributed by atoms with E-state index < -0.39 is 10.3 Å². The molecular weight excluding hydrogens is 178 g/mol. The second kappa shape index (κ2) is 2.48. The summed E-state index contributed by atoms with van der Waals surface area (Å²) in [5, 5.41) is 0.0440. The van der Waals surface area contributed by atoms with Crippen molar-refractivity contribution in [3.63, 3.8) is 0 Å². The lowest BCUT2D eigenvalue weighted by molar-refractivity contribution is 0.489. The molecule has 1 heterocycles. The second-order valence-corrected chi connectivity index (χ2v) is 3.26. The molecular formula is C2H3N3O3S2. The molecule has 0 aliphatic rings. The number of rotatable bonds is 2. The summed E-state index contributed by atoms with van der Waals surface area (Å²) in [5.74, 6) is 0. The lowest BCUT2D eigenvalue weighted by atomic mass is 11.2. The van der Waals surface area contributed by atoms with Crippen molar-refractivity contribution in [3.8, 4) is 0 Å². The molecule has 0 fully saturated rings. The third-order valence-electron chi connectivity index (χ3n) is 0.578. The SMILES string of the molecule is O=S(=O)(O)Nc1ncns1. The highest BCUT2D eigenvalue weighted by Crippen LogP contribution is 2.07. The third kappa shape index (κ3) is 2.25. The van der Waals surface area contributed by atoms with Gasteiger partial charge < -0.3 is 0 Å². The van der Waals surface area contributed by atoms with Crippen LogP contribution < -0.4 is 4.72 Å². The largest absolute Gasteiger partial charge is 0.359 e. The second-order valence-electron chi connectivity index (χ2n) is 1.32. The average Bonchev–Trinajstić information content (AvgIpc) is 2.12. The van der Waals surface area contributed by atoms with Crippen LogP contribution in [0.5, 0.6) is 0 Å². The molecule has 1 aromatic rings. The standard InChI is InChI=1S/C2H3N3O3S2/c6-10(7,8)5-2-3-1-4-9-2/h1H,(H,3,4,5)(H,6,7,8). The zero-order valence-electron chi connectivity index (χ0n) is 4.55. The van der Waals surface area contributed by atoms with E-state index in [-0.39, 0.29) is 5.13 Å². The van der Waals surface area contributed by atoms with Gasteiger partial charge in [0.25, 0.3) is 0 Å². The van der Waals surface area contributed by atoms with Crippen molar-refractivity contribution in [2.24, 2.45) is 0 Å². The Morgan fingerprint density at radius 3 is 2.80 bits per heavy atom. The molecule has 8 heteroatoms. The van der Waals surface area contributed by atoms with Crippen LogP contribution in [0.2, 0.25) is 0 Å². The van der Waals surface area contributed by atoms with Crippen molar-refractivity contribution < 1.29 is 13.0 Å². The highest BCUT2D eigenvalue weighted by Gasteiger charge is 2.04. The maximum Gasteiger partial charge on any atom is 0.359 e. The first kappa shape index (κ1) is 7.38. The summed E-state index contributed by atoms with van der Waals surface area (Å²) < 4.78 is 33.6. The molecule has 0 bridgehead atoms. The number of hydrogen-bond acceptors (Lipinski definition) is 5. The van der Waals surface area contributed by atoms with E-state index in [1.165, 1.54) is 6.33 Å². The zero-order valence-corrected chi connectivity index (χ0v) is 6.18. The molecule has 0 aliphatic heterocycles. The molecule has 1 aromatic heterocycles. The number of aromatic nitrogens is 2. The van der Waals surface area contributed by atoms with E-state index in [1.54, 1.807) is 4.72 Å². The van der Waals surface area contributed by atoms with Crippen LogP contribution in [0.15, 0.2) is 6.33 Å². The Morgan fingerprint density at radius 1 is 1.70 bits per heavy atom. The summed E-state index contributed by atoms with van der Waals surface area (Å²) in [6.45, 7) is 0. The first-order chi connectivity index (χ1) is 4.58. The van der Waals surface area contributed by atoms with Crippen molar-refractivity contribution >= 4 is 27.0 Å². The van der Waals surface area contributed by atoms with Crippen molar-refractivity contribution in [2.45, 2.75) is 0 Å². The highest BCUT2D eigenvalue weighted by atomic mass is 32.2. The molecule has 10 heavy (non-hydrogen) atoms. The monoisotopic (exact) mass is 181 g/mol. The fourth-order valence-electron chi connectivity index (χ4n) is 0.328. The van der Waals surface area contributed by atoms with Gasteiger partial charge in [0, 0.05) is 11.5 Å². The minimum Gasteiger partial charge on any atom is -0.269 e. The fourth-order valence-corrected chi connectivity index (χ4v) is 1.36. The summed E-state index contributed by atoms with van der Waals surface area (Å²) in [7, 11) is -4.19. The van der Waals surface area contributed by atoms with E-state index in [9.17, 15) is 8.42 Å². The first-order valence-corrected chi connectivity index (χ1v) is 4.31. The van der Waals surface area contributed by atoms with Gasteiger partial charge in [0.2, 0.25) is 5.13 Å². The molecule has 56 valence electrons. The van der Waals surface area contributed by atoms with Gasteiger partial charge in [0.1, 0.15) is 6.33 Å². The minimum atomic E-state index is -4.19. The van der Waals surface area contributed by atoms with Crippen LogP contribution in [0.1, 0.15) is 0 Å². The molecule has 0 amide bonds. The lowest BCUT2D eigenvalue weighted by Crippen LogP contribution is -2.09. The molecule has 6 nitrogen and oxygen atoms in total. The third-order valence-corrected chi connectivity index (χ3v) is 1.74. The molecule has 0 spiro atoms. The molecule has 0 saturated carbocycles. The lowest BCUT2D eigenvalue weighted by Gasteiger charge is -1.92. The van der Waals surface area contributed by atoms with E-state index >= 15 is 0 Å². The Balaban J connectivity index is 2.75. The number of anilines is 1. The molecule has 0 saturated heterocycles. The maximum atomic E-state index is 10.1. The van der Waals surface area contributed by atoms with E-state index in [1.807, 2.05) is 0 Å². The maximum absolute atomic E-state index is 10.1. The predicted octanol–water partition coefficient (Wildman–Crippen LogP) is -0.247. The van der Waals surface area contributed by atoms with Crippen LogP contribution in [0.4, 0.5) is 5.13 Å². The Morgan fingerprint density at radius 2 is 2.40 bits per heavy atom. The number of nitrogens with one attached hydrogen (secondary N) is 1. The molecule has 0 unspecified atom stereocenters. The Bertz CT molecular complexity index is 290. The van der Waals surface area contributed by atoms with Gasteiger partial charge in [-0.1, -0.05) is 0 Å². The van der Waals surface area contributed by atoms with E-state index in [4.69, 9.17) is 4.55 Å². The Kier molecular flexibility index (Phi) is 1.83. The van der Waals surface area contributed by atoms with Crippen molar-refractivity contribution in [1.29, 1.82) is 0 Å². The topological polar surface area (TPSA) is 92.2 Å². The van der Waals surface area contributed by atoms with Crippen LogP contribution >= 0.6 is 11.5 Å². The van der Waals surface area contributed by atoms with Crippen LogP contribution in [0.3, 0.4) is 0 Å². The van der Waals surface area contributed by atoms with Crippen molar-refractivity contribution in [3.05, 3.63) is 6.33 Å². The van der Waals surface area contributed by atoms with E-state index in [0.717, 1.165) is 11.5 Å². The summed E-state index contributed by atoms with van der Waals surface area (Å²) in [6.07, 6.45) is 1.18. The first-order valence-electron chi connectivity index (χ1n) is 2.10. The van der Waals surface area contributed by atoms with Crippen LogP contribution in [0, 0.1) is 0 Å². The Labute approximate surface area is 61.0 Å². The summed E-state index contributed by atoms with van der Waals surface area (Å²) in [5.41, 5.74) is 0. The molecule has 1 rings (SSSR count). The Hall–Kier alpha value is -0.730. The fraction of sp³-hybridized carbons (Fsp3) is 0. The van der Waals surface area contributed by atoms with Crippen LogP contribution in [-0.2, 0) is 10.3 Å². The van der Waals surface area contributed by atoms with Gasteiger partial charge in [0.05, 0.1) is 0 Å². The van der Waals surface area contributed by atoms with Crippen LogP contribution in [0.25, 0.3) is 0 Å². The van der Waals surface area contributed by atoms with Gasteiger partial charge in [0.15, 0.2) is 0 Å². The van der Waals surface area contributed by atoms with E-state index in [2.05, 4.69) is 9.36 Å². The summed E-state index contributed by atoms with van der Waals surface area (Å²) >= 11 is 0.838. The molecule has 0 aliphatic carbocycles. The molecule has 0 atom stereocenters. The number of hydrogen-bond donors (Lipinski definition) is 2. The summed E-state index contributed by atoms with van der Waals surface area (Å²) in [6, 6.07) is 0. The molecule has 0 aromatic carbocycles. The molecule has 0 radical (unpaired) electrons. The average molecular weight is 181 g/mol. The van der Waals surface area contributed by atoms with Crippen LogP contribution in [-0.4, -0.2) is 22.3 Å². The van der Waals surface area contributed by atoms with Gasteiger partial charge >= 0.3 is 10.3 Å². The van der Waals surface area contributed by atoms with Gasteiger partial charge in [-0.25, -0.2) is 9.71 Å². The zero-order chi connectivity index (χ0) is 7.61. The van der Waals surface area contributed by atoms with Crippen molar-refractivity contribution in [1.82, 2.24) is 9.36 Å². The normalized spacial score (nSPS) is 11.3.